The Bertz CT molecular complexity index is 874. The van der Waals surface area contributed by atoms with Crippen molar-refractivity contribution in [2.75, 3.05) is 19.8 Å². The number of ether oxygens (including phenoxy) is 2. The normalized spacial score (nSPS) is 32.4. The Kier molecular flexibility index (Phi) is 8.71. The molecule has 3 heterocycles. The minimum Gasteiger partial charge on any atom is -0.465 e. The lowest BCUT2D eigenvalue weighted by Crippen LogP contribution is -2.60. The lowest BCUT2D eigenvalue weighted by molar-refractivity contribution is -0.163. The summed E-state index contributed by atoms with van der Waals surface area (Å²) in [6.07, 6.45) is 6.59. The van der Waals surface area contributed by atoms with Gasteiger partial charge in [0.05, 0.1) is 30.8 Å². The number of rotatable bonds is 13. The second-order valence-corrected chi connectivity index (χ2v) is 11.1. The molecule has 8 heteroatoms. The average Bonchev–Trinajstić information content (AvgIpc) is 3.41. The molecule has 2 amide bonds. The van der Waals surface area contributed by atoms with Crippen molar-refractivity contribution in [1.82, 2.24) is 9.80 Å². The molecule has 0 aromatic carbocycles. The van der Waals surface area contributed by atoms with Crippen LogP contribution in [0.3, 0.4) is 0 Å². The summed E-state index contributed by atoms with van der Waals surface area (Å²) < 4.78 is 12.3. The zero-order valence-corrected chi connectivity index (χ0v) is 22.6. The Morgan fingerprint density at radius 2 is 1.97 bits per heavy atom. The van der Waals surface area contributed by atoms with E-state index in [1.165, 1.54) is 0 Å². The lowest BCUT2D eigenvalue weighted by atomic mass is 9.66. The number of nitrogens with zero attached hydrogens (tertiary/aromatic N) is 2. The van der Waals surface area contributed by atoms with Gasteiger partial charge < -0.3 is 24.4 Å². The van der Waals surface area contributed by atoms with Crippen LogP contribution in [0.5, 0.6) is 0 Å². The number of hydrogen-bond donors (Lipinski definition) is 1. The molecule has 3 fully saturated rings. The second kappa shape index (κ2) is 11.1. The highest BCUT2D eigenvalue weighted by molar-refractivity contribution is 5.98. The molecule has 0 saturated carbocycles. The lowest BCUT2D eigenvalue weighted by Gasteiger charge is -2.42. The number of unbranched alkanes of at least 4 members (excludes halogenated alkanes) is 1. The Morgan fingerprint density at radius 3 is 2.53 bits per heavy atom. The van der Waals surface area contributed by atoms with E-state index in [2.05, 4.69) is 13.2 Å². The molecule has 3 saturated heterocycles. The molecule has 0 aromatic heterocycles. The Labute approximate surface area is 215 Å². The predicted octanol–water partition coefficient (Wildman–Crippen LogP) is 3.09. The van der Waals surface area contributed by atoms with Gasteiger partial charge in [-0.25, -0.2) is 0 Å². The van der Waals surface area contributed by atoms with Gasteiger partial charge in [-0.05, 0) is 52.4 Å². The largest absolute Gasteiger partial charge is 0.465 e. The molecule has 2 bridgehead atoms. The highest BCUT2D eigenvalue weighted by Gasteiger charge is 2.79. The molecular formula is C28H44N2O6. The van der Waals surface area contributed by atoms with Crippen molar-refractivity contribution in [3.8, 4) is 0 Å². The van der Waals surface area contributed by atoms with Crippen LogP contribution in [-0.2, 0) is 23.9 Å². The van der Waals surface area contributed by atoms with Gasteiger partial charge in [-0.2, -0.15) is 0 Å². The second-order valence-electron chi connectivity index (χ2n) is 11.1. The number of likely N-dealkylation sites (tertiary alicyclic amines) is 1. The first-order valence-corrected chi connectivity index (χ1v) is 13.4. The number of aliphatic hydroxyl groups excluding tert-OH is 1. The fourth-order valence-electron chi connectivity index (χ4n) is 6.51. The summed E-state index contributed by atoms with van der Waals surface area (Å²) >= 11 is 0. The summed E-state index contributed by atoms with van der Waals surface area (Å²) in [6.45, 7) is 17.5. The van der Waals surface area contributed by atoms with E-state index in [0.29, 0.717) is 25.8 Å². The van der Waals surface area contributed by atoms with Gasteiger partial charge in [-0.3, -0.25) is 14.4 Å². The average molecular weight is 505 g/mol. The maximum absolute atomic E-state index is 14.2. The first-order valence-electron chi connectivity index (χ1n) is 13.4. The van der Waals surface area contributed by atoms with Crippen molar-refractivity contribution in [1.29, 1.82) is 0 Å². The van der Waals surface area contributed by atoms with E-state index in [0.717, 1.165) is 12.8 Å². The Hall–Kier alpha value is -2.19. The van der Waals surface area contributed by atoms with Gasteiger partial charge in [0.2, 0.25) is 11.8 Å². The van der Waals surface area contributed by atoms with E-state index >= 15 is 0 Å². The summed E-state index contributed by atoms with van der Waals surface area (Å²) in [5, 5.41) is 10.4. The molecule has 7 atom stereocenters. The SMILES string of the molecule is C=CCCCOC(=O)[C@H]1[C@H]2C(=O)N([C@@H](CO)[C@@H](C)CC)C(C(=O)N(CC=C)C(C)C)C23CC[C@]1(C)O3. The van der Waals surface area contributed by atoms with Gasteiger partial charge in [0.15, 0.2) is 0 Å². The first kappa shape index (κ1) is 28.4. The number of amides is 2. The van der Waals surface area contributed by atoms with Gasteiger partial charge in [-0.1, -0.05) is 32.4 Å². The highest BCUT2D eigenvalue weighted by atomic mass is 16.6. The molecule has 8 nitrogen and oxygen atoms in total. The van der Waals surface area contributed by atoms with Gasteiger partial charge in [0, 0.05) is 12.6 Å². The minimum atomic E-state index is -1.14. The fourth-order valence-corrected chi connectivity index (χ4v) is 6.51. The molecule has 36 heavy (non-hydrogen) atoms. The summed E-state index contributed by atoms with van der Waals surface area (Å²) in [7, 11) is 0. The molecule has 0 aromatic rings. The van der Waals surface area contributed by atoms with Crippen molar-refractivity contribution in [2.45, 2.75) is 96.1 Å². The third-order valence-electron chi connectivity index (χ3n) is 8.58. The molecule has 3 rings (SSSR count). The van der Waals surface area contributed by atoms with Crippen LogP contribution in [0, 0.1) is 17.8 Å². The predicted molar refractivity (Wildman–Crippen MR) is 137 cm³/mol. The van der Waals surface area contributed by atoms with E-state index in [4.69, 9.17) is 9.47 Å². The van der Waals surface area contributed by atoms with Crippen molar-refractivity contribution in [2.24, 2.45) is 17.8 Å². The third kappa shape index (κ3) is 4.51. The molecule has 3 aliphatic heterocycles. The van der Waals surface area contributed by atoms with Crippen molar-refractivity contribution in [3.05, 3.63) is 25.3 Å². The van der Waals surface area contributed by atoms with Gasteiger partial charge in [0.1, 0.15) is 17.6 Å². The monoisotopic (exact) mass is 504 g/mol. The molecule has 1 N–H and O–H groups in total. The topological polar surface area (TPSA) is 96.4 Å². The summed E-state index contributed by atoms with van der Waals surface area (Å²) in [6, 6.07) is -1.61. The number of esters is 1. The Morgan fingerprint density at radius 1 is 1.28 bits per heavy atom. The highest BCUT2D eigenvalue weighted by Crippen LogP contribution is 2.64. The minimum absolute atomic E-state index is 0.0477. The molecule has 1 spiro atoms. The number of carbonyl (C=O) groups excluding carboxylic acids is 3. The van der Waals surface area contributed by atoms with Crippen LogP contribution in [0.15, 0.2) is 25.3 Å². The molecule has 0 aliphatic carbocycles. The van der Waals surface area contributed by atoms with E-state index in [-0.39, 0.29) is 37.0 Å². The van der Waals surface area contributed by atoms with E-state index in [9.17, 15) is 19.5 Å². The third-order valence-corrected chi connectivity index (χ3v) is 8.58. The van der Waals surface area contributed by atoms with Crippen molar-refractivity contribution in [3.63, 3.8) is 0 Å². The van der Waals surface area contributed by atoms with E-state index < -0.39 is 41.1 Å². The standard InChI is InChI=1S/C28H44N2O6/c1-8-11-12-16-35-26(34)22-21-24(32)30(20(17-31)19(6)10-3)23(25(33)29(15-9-2)18(4)5)28(21)14-13-27(22,7)36-28/h8-9,18-23,31H,1-2,10-17H2,3-7H3/t19-,20-,21-,22+,23?,27-,28?/m0/s1. The van der Waals surface area contributed by atoms with Crippen LogP contribution >= 0.6 is 0 Å². The number of aliphatic hydroxyl groups is 1. The van der Waals surface area contributed by atoms with Crippen LogP contribution < -0.4 is 0 Å². The fraction of sp³-hybridized carbons (Fsp3) is 0.750. The maximum Gasteiger partial charge on any atom is 0.312 e. The molecule has 3 aliphatic rings. The molecular weight excluding hydrogens is 460 g/mol. The maximum atomic E-state index is 14.2. The van der Waals surface area contributed by atoms with Gasteiger partial charge in [0.25, 0.3) is 0 Å². The number of fused-ring (bicyclic) bond motifs is 1. The van der Waals surface area contributed by atoms with Gasteiger partial charge >= 0.3 is 5.97 Å². The van der Waals surface area contributed by atoms with Crippen LogP contribution in [-0.4, -0.2) is 81.8 Å². The summed E-state index contributed by atoms with van der Waals surface area (Å²) in [5.41, 5.74) is -2.02. The zero-order valence-electron chi connectivity index (χ0n) is 22.6. The number of hydrogen-bond acceptors (Lipinski definition) is 6. The smallest absolute Gasteiger partial charge is 0.312 e. The van der Waals surface area contributed by atoms with Gasteiger partial charge in [-0.15, -0.1) is 13.2 Å². The van der Waals surface area contributed by atoms with Crippen molar-refractivity contribution >= 4 is 17.8 Å². The van der Waals surface area contributed by atoms with Crippen LogP contribution in [0.4, 0.5) is 0 Å². The molecule has 202 valence electrons. The first-order chi connectivity index (χ1) is 17.0. The van der Waals surface area contributed by atoms with Crippen LogP contribution in [0.25, 0.3) is 0 Å². The Balaban J connectivity index is 2.08. The summed E-state index contributed by atoms with van der Waals surface area (Å²) in [4.78, 5) is 45.1. The quantitative estimate of drug-likeness (QED) is 0.235. The van der Waals surface area contributed by atoms with E-state index in [1.54, 1.807) is 22.0 Å². The molecule has 2 unspecified atom stereocenters. The molecule has 0 radical (unpaired) electrons. The summed E-state index contributed by atoms with van der Waals surface area (Å²) in [5.74, 6) is -2.66. The van der Waals surface area contributed by atoms with E-state index in [1.807, 2.05) is 34.6 Å². The van der Waals surface area contributed by atoms with Crippen LogP contribution in [0.1, 0.15) is 66.7 Å². The zero-order chi connectivity index (χ0) is 26.8. The van der Waals surface area contributed by atoms with Crippen molar-refractivity contribution < 1.29 is 29.0 Å². The number of carbonyl (C=O) groups is 3. The number of allylic oxidation sites excluding steroid dienone is 1. The van der Waals surface area contributed by atoms with Crippen LogP contribution in [0.2, 0.25) is 0 Å².